The number of carbonyl (C=O) groups excluding carboxylic acids is 1. The van der Waals surface area contributed by atoms with Crippen molar-refractivity contribution in [2.24, 2.45) is 0 Å². The Morgan fingerprint density at radius 2 is 1.91 bits per heavy atom. The van der Waals surface area contributed by atoms with Crippen LogP contribution in [0.2, 0.25) is 10.0 Å². The molecule has 0 atom stereocenters. The Kier molecular flexibility index (Phi) is 3.83. The molecule has 0 aliphatic carbocycles. The lowest BCUT2D eigenvalue weighted by molar-refractivity contribution is 0.101. The number of benzene rings is 2. The maximum absolute atomic E-state index is 12.2. The first kappa shape index (κ1) is 14.6. The van der Waals surface area contributed by atoms with Crippen LogP contribution in [0.25, 0.3) is 10.9 Å². The first-order valence-electron chi connectivity index (χ1n) is 6.30. The second-order valence-electron chi connectivity index (χ2n) is 4.51. The molecule has 0 aliphatic heterocycles. The van der Waals surface area contributed by atoms with Crippen LogP contribution in [0.3, 0.4) is 0 Å². The number of nitrogens with one attached hydrogen (secondary N) is 2. The van der Waals surface area contributed by atoms with E-state index in [-0.39, 0.29) is 11.4 Å². The number of fused-ring (bicyclic) bond motifs is 1. The van der Waals surface area contributed by atoms with Crippen LogP contribution in [0.4, 0.5) is 5.69 Å². The Labute approximate surface area is 134 Å². The fourth-order valence-corrected chi connectivity index (χ4v) is 2.42. The summed E-state index contributed by atoms with van der Waals surface area (Å²) in [7, 11) is 0. The molecule has 3 rings (SSSR count). The van der Waals surface area contributed by atoms with Gasteiger partial charge in [0.05, 0.1) is 21.6 Å². The highest BCUT2D eigenvalue weighted by molar-refractivity contribution is 6.36. The smallest absolute Gasteiger partial charge is 0.291 e. The van der Waals surface area contributed by atoms with Crippen LogP contribution in [0.5, 0.6) is 0 Å². The van der Waals surface area contributed by atoms with Crippen molar-refractivity contribution >= 4 is 45.7 Å². The number of aromatic amines is 1. The summed E-state index contributed by atoms with van der Waals surface area (Å²) in [5.74, 6) is -0.651. The van der Waals surface area contributed by atoms with Crippen LogP contribution in [-0.2, 0) is 0 Å². The van der Waals surface area contributed by atoms with Gasteiger partial charge in [0.1, 0.15) is 0 Å². The Morgan fingerprint density at radius 1 is 1.14 bits per heavy atom. The number of nitrogens with zero attached hydrogens (tertiary/aromatic N) is 1. The van der Waals surface area contributed by atoms with Gasteiger partial charge in [-0.2, -0.15) is 0 Å². The van der Waals surface area contributed by atoms with E-state index in [2.05, 4.69) is 15.3 Å². The van der Waals surface area contributed by atoms with E-state index >= 15 is 0 Å². The minimum atomic E-state index is -0.563. The number of hydrogen-bond donors (Lipinski definition) is 2. The molecule has 1 amide bonds. The normalized spacial score (nSPS) is 10.6. The van der Waals surface area contributed by atoms with E-state index in [0.29, 0.717) is 26.6 Å². The average Bonchev–Trinajstić information content (AvgIpc) is 2.50. The van der Waals surface area contributed by atoms with E-state index in [1.54, 1.807) is 36.4 Å². The van der Waals surface area contributed by atoms with Crippen LogP contribution in [-0.4, -0.2) is 15.9 Å². The quantitative estimate of drug-likeness (QED) is 0.753. The first-order valence-corrected chi connectivity index (χ1v) is 7.05. The molecule has 0 unspecified atom stereocenters. The molecule has 110 valence electrons. The highest BCUT2D eigenvalue weighted by Crippen LogP contribution is 2.25. The van der Waals surface area contributed by atoms with Gasteiger partial charge in [0.15, 0.2) is 5.82 Å². The van der Waals surface area contributed by atoms with Gasteiger partial charge in [-0.3, -0.25) is 9.59 Å². The molecule has 1 aromatic heterocycles. The van der Waals surface area contributed by atoms with Crippen molar-refractivity contribution in [3.05, 3.63) is 68.7 Å². The van der Waals surface area contributed by atoms with Crippen molar-refractivity contribution in [2.45, 2.75) is 0 Å². The third kappa shape index (κ3) is 2.81. The minimum absolute atomic E-state index is 0.0882. The third-order valence-electron chi connectivity index (χ3n) is 3.01. The number of H-pyrrole nitrogens is 1. The zero-order valence-corrected chi connectivity index (χ0v) is 12.6. The van der Waals surface area contributed by atoms with Crippen molar-refractivity contribution in [3.63, 3.8) is 0 Å². The van der Waals surface area contributed by atoms with Gasteiger partial charge in [-0.15, -0.1) is 0 Å². The van der Waals surface area contributed by atoms with Crippen molar-refractivity contribution < 1.29 is 4.79 Å². The number of rotatable bonds is 2. The van der Waals surface area contributed by atoms with Gasteiger partial charge in [0.25, 0.3) is 11.5 Å². The van der Waals surface area contributed by atoms with Gasteiger partial charge in [0, 0.05) is 5.02 Å². The number of amides is 1. The van der Waals surface area contributed by atoms with Gasteiger partial charge in [0.2, 0.25) is 0 Å². The van der Waals surface area contributed by atoms with Gasteiger partial charge >= 0.3 is 0 Å². The highest BCUT2D eigenvalue weighted by atomic mass is 35.5. The number of para-hydroxylation sites is 1. The molecule has 3 aromatic rings. The largest absolute Gasteiger partial charge is 0.318 e. The highest BCUT2D eigenvalue weighted by Gasteiger charge is 2.13. The third-order valence-corrected chi connectivity index (χ3v) is 3.56. The van der Waals surface area contributed by atoms with Crippen LogP contribution < -0.4 is 10.9 Å². The average molecular weight is 334 g/mol. The van der Waals surface area contributed by atoms with E-state index in [4.69, 9.17) is 23.2 Å². The summed E-state index contributed by atoms with van der Waals surface area (Å²) in [4.78, 5) is 30.8. The number of carbonyl (C=O) groups is 1. The monoisotopic (exact) mass is 333 g/mol. The van der Waals surface area contributed by atoms with Crippen molar-refractivity contribution in [3.8, 4) is 0 Å². The van der Waals surface area contributed by atoms with Crippen molar-refractivity contribution in [1.82, 2.24) is 9.97 Å². The Morgan fingerprint density at radius 3 is 2.68 bits per heavy atom. The summed E-state index contributed by atoms with van der Waals surface area (Å²) in [5, 5.41) is 3.76. The molecule has 7 heteroatoms. The molecule has 0 radical (unpaired) electrons. The van der Waals surface area contributed by atoms with Gasteiger partial charge in [-0.25, -0.2) is 4.98 Å². The van der Waals surface area contributed by atoms with Gasteiger partial charge in [-0.1, -0.05) is 35.3 Å². The van der Waals surface area contributed by atoms with E-state index in [9.17, 15) is 9.59 Å². The van der Waals surface area contributed by atoms with Crippen LogP contribution in [0.15, 0.2) is 47.3 Å². The zero-order valence-electron chi connectivity index (χ0n) is 11.1. The predicted molar refractivity (Wildman–Crippen MR) is 86.8 cm³/mol. The molecule has 0 bridgehead atoms. The maximum Gasteiger partial charge on any atom is 0.291 e. The Balaban J connectivity index is 1.97. The van der Waals surface area contributed by atoms with Crippen LogP contribution >= 0.6 is 23.2 Å². The predicted octanol–water partition coefficient (Wildman–Crippen LogP) is 3.48. The van der Waals surface area contributed by atoms with Crippen molar-refractivity contribution in [1.29, 1.82) is 0 Å². The van der Waals surface area contributed by atoms with Crippen LogP contribution in [0.1, 0.15) is 10.6 Å². The summed E-state index contributed by atoms with van der Waals surface area (Å²) in [5.41, 5.74) is 0.448. The molecule has 22 heavy (non-hydrogen) atoms. The molecule has 5 nitrogen and oxygen atoms in total. The Hall–Kier alpha value is -2.37. The van der Waals surface area contributed by atoms with Gasteiger partial charge in [-0.05, 0) is 30.3 Å². The second-order valence-corrected chi connectivity index (χ2v) is 5.35. The molecule has 0 spiro atoms. The lowest BCUT2D eigenvalue weighted by Crippen LogP contribution is -2.21. The summed E-state index contributed by atoms with van der Waals surface area (Å²) < 4.78 is 0. The lowest BCUT2D eigenvalue weighted by atomic mass is 10.2. The lowest BCUT2D eigenvalue weighted by Gasteiger charge is -2.07. The van der Waals surface area contributed by atoms with Crippen molar-refractivity contribution in [2.75, 3.05) is 5.32 Å². The molecule has 2 N–H and O–H groups in total. The molecule has 0 fully saturated rings. The number of anilines is 1. The molecular weight excluding hydrogens is 325 g/mol. The molecule has 0 saturated carbocycles. The molecule has 2 aromatic carbocycles. The van der Waals surface area contributed by atoms with Crippen LogP contribution in [0, 0.1) is 0 Å². The van der Waals surface area contributed by atoms with Gasteiger partial charge < -0.3 is 10.3 Å². The number of halogens is 2. The summed E-state index contributed by atoms with van der Waals surface area (Å²) in [6, 6.07) is 11.4. The fraction of sp³-hybridized carbons (Fsp3) is 0. The number of aromatic nitrogens is 2. The SMILES string of the molecule is O=C(Nc1ccc(Cl)cc1Cl)c1nc2ccccc2c(=O)[nH]1. The number of hydrogen-bond acceptors (Lipinski definition) is 3. The molecule has 0 saturated heterocycles. The van der Waals surface area contributed by atoms with E-state index in [0.717, 1.165) is 0 Å². The zero-order chi connectivity index (χ0) is 15.7. The summed E-state index contributed by atoms with van der Waals surface area (Å²) >= 11 is 11.8. The second kappa shape index (κ2) is 5.79. The molecular formula is C15H9Cl2N3O2. The fourth-order valence-electron chi connectivity index (χ4n) is 1.97. The van der Waals surface area contributed by atoms with E-state index in [1.165, 1.54) is 6.07 Å². The topological polar surface area (TPSA) is 74.8 Å². The maximum atomic E-state index is 12.2. The minimum Gasteiger partial charge on any atom is -0.318 e. The Bertz CT molecular complexity index is 937. The standard InChI is InChI=1S/C15H9Cl2N3O2/c16-8-5-6-12(10(17)7-8)19-15(22)13-18-11-4-2-1-3-9(11)14(21)20-13/h1-7H,(H,19,22)(H,18,20,21). The van der Waals surface area contributed by atoms with E-state index in [1.807, 2.05) is 0 Å². The molecule has 0 aliphatic rings. The summed E-state index contributed by atoms with van der Waals surface area (Å²) in [6.07, 6.45) is 0. The molecule has 1 heterocycles. The van der Waals surface area contributed by atoms with E-state index < -0.39 is 5.91 Å². The first-order chi connectivity index (χ1) is 10.5. The summed E-state index contributed by atoms with van der Waals surface area (Å²) in [6.45, 7) is 0.